The Balaban J connectivity index is 1.42. The topological polar surface area (TPSA) is 87.1 Å². The molecule has 10 heteroatoms. The van der Waals surface area contributed by atoms with Gasteiger partial charge in [0.2, 0.25) is 11.9 Å². The third-order valence-corrected chi connectivity index (χ3v) is 4.45. The summed E-state index contributed by atoms with van der Waals surface area (Å²) in [5, 5.41) is 2.67. The molecule has 1 N–H and O–H groups in total. The number of hydrogen-bond acceptors (Lipinski definition) is 7. The third kappa shape index (κ3) is 4.26. The number of benzene rings is 1. The molecule has 0 saturated carbocycles. The number of nitrogens with one attached hydrogen (secondary N) is 1. The number of rotatable bonds is 4. The van der Waals surface area contributed by atoms with E-state index in [1.54, 1.807) is 23.4 Å². The van der Waals surface area contributed by atoms with Crippen LogP contribution >= 0.6 is 0 Å². The number of hydrogen-bond donors (Lipinski definition) is 1. The van der Waals surface area contributed by atoms with Crippen LogP contribution in [0.5, 0.6) is 0 Å². The van der Waals surface area contributed by atoms with Gasteiger partial charge >= 0.3 is 0 Å². The first-order chi connectivity index (χ1) is 14.1. The van der Waals surface area contributed by atoms with E-state index in [2.05, 4.69) is 25.3 Å². The summed E-state index contributed by atoms with van der Waals surface area (Å²) in [6, 6.07) is 6.38. The molecule has 4 rings (SSSR count). The number of carbonyl (C=O) groups excluding carboxylic acids is 1. The minimum absolute atomic E-state index is 0.0208. The molecule has 0 spiro atoms. The second-order valence-corrected chi connectivity index (χ2v) is 6.34. The lowest BCUT2D eigenvalue weighted by atomic mass is 10.2. The smallest absolute Gasteiger partial charge is 0.272 e. The van der Waals surface area contributed by atoms with Crippen LogP contribution in [0.2, 0.25) is 0 Å². The molecule has 8 nitrogen and oxygen atoms in total. The van der Waals surface area contributed by atoms with Gasteiger partial charge in [-0.2, -0.15) is 0 Å². The maximum Gasteiger partial charge on any atom is 0.272 e. The number of anilines is 3. The summed E-state index contributed by atoms with van der Waals surface area (Å²) in [5.74, 6) is -1.02. The molecule has 1 aliphatic rings. The number of aromatic nitrogens is 4. The largest absolute Gasteiger partial charge is 0.337 e. The van der Waals surface area contributed by atoms with Gasteiger partial charge in [-0.1, -0.05) is 0 Å². The van der Waals surface area contributed by atoms with Crippen molar-refractivity contribution in [1.29, 1.82) is 0 Å². The first-order valence-electron chi connectivity index (χ1n) is 8.96. The molecule has 1 aromatic carbocycles. The number of nitrogens with zero attached hydrogens (tertiary/aromatic N) is 6. The van der Waals surface area contributed by atoms with Crippen molar-refractivity contribution in [3.05, 3.63) is 66.3 Å². The molecule has 1 amide bonds. The molecule has 148 valence electrons. The molecule has 3 aromatic rings. The Kier molecular flexibility index (Phi) is 5.23. The molecule has 29 heavy (non-hydrogen) atoms. The van der Waals surface area contributed by atoms with Crippen molar-refractivity contribution >= 4 is 23.5 Å². The Morgan fingerprint density at radius 2 is 1.72 bits per heavy atom. The van der Waals surface area contributed by atoms with Crippen LogP contribution in [0.25, 0.3) is 0 Å². The van der Waals surface area contributed by atoms with Gasteiger partial charge in [-0.15, -0.1) is 0 Å². The average Bonchev–Trinajstić information content (AvgIpc) is 2.76. The van der Waals surface area contributed by atoms with Gasteiger partial charge in [0.05, 0.1) is 5.69 Å². The fraction of sp³-hybridized carbons (Fsp3) is 0.211. The molecule has 1 aliphatic heterocycles. The highest BCUT2D eigenvalue weighted by Crippen LogP contribution is 2.19. The van der Waals surface area contributed by atoms with Crippen LogP contribution in [0.3, 0.4) is 0 Å². The summed E-state index contributed by atoms with van der Waals surface area (Å²) in [6.07, 6.45) is 4.77. The summed E-state index contributed by atoms with van der Waals surface area (Å²) in [7, 11) is 0. The van der Waals surface area contributed by atoms with Gasteiger partial charge in [0, 0.05) is 50.8 Å². The van der Waals surface area contributed by atoms with E-state index in [-0.39, 0.29) is 23.2 Å². The Morgan fingerprint density at radius 1 is 0.966 bits per heavy atom. The number of piperazine rings is 1. The number of carbonyl (C=O) groups is 1. The molecule has 1 fully saturated rings. The van der Waals surface area contributed by atoms with E-state index in [0.29, 0.717) is 32.1 Å². The summed E-state index contributed by atoms with van der Waals surface area (Å²) in [5.41, 5.74) is 0.210. The molecule has 0 radical (unpaired) electrons. The quantitative estimate of drug-likeness (QED) is 0.723. The van der Waals surface area contributed by atoms with Gasteiger partial charge in [-0.25, -0.2) is 28.7 Å². The predicted molar refractivity (Wildman–Crippen MR) is 102 cm³/mol. The third-order valence-electron chi connectivity index (χ3n) is 4.45. The van der Waals surface area contributed by atoms with Crippen LogP contribution in [0.15, 0.2) is 48.9 Å². The molecular weight excluding hydrogens is 380 g/mol. The van der Waals surface area contributed by atoms with Crippen molar-refractivity contribution < 1.29 is 13.6 Å². The highest BCUT2D eigenvalue weighted by molar-refractivity contribution is 5.92. The first-order valence-corrected chi connectivity index (χ1v) is 8.96. The second-order valence-electron chi connectivity index (χ2n) is 6.34. The monoisotopic (exact) mass is 397 g/mol. The highest BCUT2D eigenvalue weighted by atomic mass is 19.1. The minimum atomic E-state index is -0.774. The molecular formula is C19H17F2N7O. The molecule has 2 aromatic heterocycles. The molecule has 3 heterocycles. The van der Waals surface area contributed by atoms with Gasteiger partial charge in [0.1, 0.15) is 17.3 Å². The van der Waals surface area contributed by atoms with Crippen molar-refractivity contribution in [3.63, 3.8) is 0 Å². The fourth-order valence-electron chi connectivity index (χ4n) is 2.98. The van der Waals surface area contributed by atoms with Crippen LogP contribution in [-0.2, 0) is 0 Å². The Morgan fingerprint density at radius 3 is 2.45 bits per heavy atom. The lowest BCUT2D eigenvalue weighted by Crippen LogP contribution is -2.49. The van der Waals surface area contributed by atoms with Crippen LogP contribution in [0, 0.1) is 11.6 Å². The van der Waals surface area contributed by atoms with Crippen LogP contribution in [0.4, 0.5) is 26.4 Å². The average molecular weight is 397 g/mol. The highest BCUT2D eigenvalue weighted by Gasteiger charge is 2.24. The van der Waals surface area contributed by atoms with E-state index in [9.17, 15) is 13.6 Å². The first kappa shape index (κ1) is 18.7. The normalized spacial score (nSPS) is 14.0. The Labute approximate surface area is 165 Å². The van der Waals surface area contributed by atoms with Crippen molar-refractivity contribution in [2.45, 2.75) is 0 Å². The molecule has 0 aliphatic carbocycles. The maximum absolute atomic E-state index is 13.8. The molecule has 1 saturated heterocycles. The van der Waals surface area contributed by atoms with Gasteiger partial charge in [-0.05, 0) is 24.3 Å². The van der Waals surface area contributed by atoms with Gasteiger partial charge in [-0.3, -0.25) is 4.79 Å². The second kappa shape index (κ2) is 8.13. The lowest BCUT2D eigenvalue weighted by Gasteiger charge is -2.34. The van der Waals surface area contributed by atoms with E-state index < -0.39 is 11.6 Å². The minimum Gasteiger partial charge on any atom is -0.337 e. The number of amides is 1. The van der Waals surface area contributed by atoms with Crippen molar-refractivity contribution in [2.75, 3.05) is 36.4 Å². The Bertz CT molecular complexity index is 1010. The Hall–Kier alpha value is -3.69. The molecule has 0 bridgehead atoms. The standard InChI is InChI=1S/C19H17F2N7O/c20-13-2-3-15(14(21)12-13)25-18-22-7-4-16(26-18)17(29)27-8-10-28(11-9-27)19-23-5-1-6-24-19/h1-7,12H,8-11H2,(H,22,25,26). The summed E-state index contributed by atoms with van der Waals surface area (Å²) in [6.45, 7) is 2.20. The van der Waals surface area contributed by atoms with Crippen molar-refractivity contribution in [1.82, 2.24) is 24.8 Å². The number of halogens is 2. The summed E-state index contributed by atoms with van der Waals surface area (Å²) in [4.78, 5) is 33.1. The zero-order valence-corrected chi connectivity index (χ0v) is 15.3. The fourth-order valence-corrected chi connectivity index (χ4v) is 2.98. The predicted octanol–water partition coefficient (Wildman–Crippen LogP) is 2.25. The van der Waals surface area contributed by atoms with Crippen molar-refractivity contribution in [3.8, 4) is 0 Å². The van der Waals surface area contributed by atoms with E-state index in [0.717, 1.165) is 12.1 Å². The van der Waals surface area contributed by atoms with E-state index in [4.69, 9.17) is 0 Å². The van der Waals surface area contributed by atoms with E-state index >= 15 is 0 Å². The SMILES string of the molecule is O=C(c1ccnc(Nc2ccc(F)cc2F)n1)N1CCN(c2ncccn2)CC1. The van der Waals surface area contributed by atoms with Crippen LogP contribution in [0.1, 0.15) is 10.5 Å². The lowest BCUT2D eigenvalue weighted by molar-refractivity contribution is 0.0740. The van der Waals surface area contributed by atoms with E-state index in [1.807, 2.05) is 4.90 Å². The van der Waals surface area contributed by atoms with Gasteiger partial charge in [0.25, 0.3) is 5.91 Å². The molecule has 0 atom stereocenters. The zero-order valence-electron chi connectivity index (χ0n) is 15.3. The summed E-state index contributed by atoms with van der Waals surface area (Å²) < 4.78 is 26.9. The maximum atomic E-state index is 13.8. The van der Waals surface area contributed by atoms with E-state index in [1.165, 1.54) is 18.3 Å². The molecule has 0 unspecified atom stereocenters. The van der Waals surface area contributed by atoms with Crippen LogP contribution < -0.4 is 10.2 Å². The van der Waals surface area contributed by atoms with Crippen LogP contribution in [-0.4, -0.2) is 56.9 Å². The summed E-state index contributed by atoms with van der Waals surface area (Å²) >= 11 is 0. The van der Waals surface area contributed by atoms with Gasteiger partial charge < -0.3 is 15.1 Å². The zero-order chi connectivity index (χ0) is 20.2. The van der Waals surface area contributed by atoms with Crippen molar-refractivity contribution in [2.24, 2.45) is 0 Å². The van der Waals surface area contributed by atoms with Gasteiger partial charge in [0.15, 0.2) is 0 Å².